The Kier molecular flexibility index (Phi) is 3.58. The Morgan fingerprint density at radius 1 is 1.65 bits per heavy atom. The molecule has 0 saturated heterocycles. The lowest BCUT2D eigenvalue weighted by atomic mass is 10.2. The van der Waals surface area contributed by atoms with Crippen molar-refractivity contribution in [2.45, 2.75) is 18.9 Å². The molecule has 1 aromatic rings. The Hall–Kier alpha value is -1.62. The predicted octanol–water partition coefficient (Wildman–Crippen LogP) is 0.720. The lowest BCUT2D eigenvalue weighted by Crippen LogP contribution is -2.36. The van der Waals surface area contributed by atoms with Crippen LogP contribution in [-0.2, 0) is 0 Å². The normalized spacial score (nSPS) is 14.5. The average molecular weight is 235 g/mol. The maximum Gasteiger partial charge on any atom is 0.272 e. The van der Waals surface area contributed by atoms with Crippen molar-refractivity contribution >= 4 is 11.6 Å². The molecule has 2 N–H and O–H groups in total. The number of rotatable bonds is 5. The number of aliphatic hydroxyl groups excluding tert-OH is 1. The Morgan fingerprint density at radius 2 is 2.41 bits per heavy atom. The molecule has 0 bridgehead atoms. The van der Waals surface area contributed by atoms with Crippen molar-refractivity contribution < 1.29 is 9.90 Å². The lowest BCUT2D eigenvalue weighted by molar-refractivity contribution is 0.0702. The van der Waals surface area contributed by atoms with Crippen molar-refractivity contribution in [3.63, 3.8) is 0 Å². The number of hydrogen-bond donors (Lipinski definition) is 2. The number of nitrogens with one attached hydrogen (secondary N) is 1. The van der Waals surface area contributed by atoms with E-state index in [-0.39, 0.29) is 18.6 Å². The van der Waals surface area contributed by atoms with E-state index < -0.39 is 0 Å². The molecule has 1 fully saturated rings. The number of pyridine rings is 1. The molecule has 1 aliphatic carbocycles. The molecule has 5 heteroatoms. The van der Waals surface area contributed by atoms with E-state index in [1.54, 1.807) is 24.2 Å². The van der Waals surface area contributed by atoms with Gasteiger partial charge in [0.15, 0.2) is 0 Å². The molecule has 0 radical (unpaired) electrons. The van der Waals surface area contributed by atoms with Gasteiger partial charge in [-0.1, -0.05) is 0 Å². The zero-order valence-electron chi connectivity index (χ0n) is 9.89. The van der Waals surface area contributed by atoms with Crippen molar-refractivity contribution in [1.82, 2.24) is 9.88 Å². The topological polar surface area (TPSA) is 65.5 Å². The number of carbonyl (C=O) groups is 1. The van der Waals surface area contributed by atoms with Gasteiger partial charge < -0.3 is 15.3 Å². The van der Waals surface area contributed by atoms with E-state index in [9.17, 15) is 4.79 Å². The van der Waals surface area contributed by atoms with Gasteiger partial charge in [0.2, 0.25) is 0 Å². The van der Waals surface area contributed by atoms with E-state index in [4.69, 9.17) is 5.11 Å². The first-order chi connectivity index (χ1) is 8.26. The first-order valence-corrected chi connectivity index (χ1v) is 5.82. The van der Waals surface area contributed by atoms with Crippen molar-refractivity contribution in [2.75, 3.05) is 25.5 Å². The zero-order chi connectivity index (χ0) is 12.3. The summed E-state index contributed by atoms with van der Waals surface area (Å²) in [6.45, 7) is 0.378. The van der Waals surface area contributed by atoms with Crippen LogP contribution < -0.4 is 5.32 Å². The third kappa shape index (κ3) is 2.74. The van der Waals surface area contributed by atoms with Crippen LogP contribution in [0.4, 0.5) is 5.69 Å². The summed E-state index contributed by atoms with van der Waals surface area (Å²) in [6.07, 6.45) is 3.66. The quantitative estimate of drug-likeness (QED) is 0.789. The smallest absolute Gasteiger partial charge is 0.272 e. The molecule has 5 nitrogen and oxygen atoms in total. The molecular weight excluding hydrogens is 218 g/mol. The fourth-order valence-electron chi connectivity index (χ4n) is 1.79. The first-order valence-electron chi connectivity index (χ1n) is 5.82. The predicted molar refractivity (Wildman–Crippen MR) is 64.9 cm³/mol. The van der Waals surface area contributed by atoms with Crippen LogP contribution in [0.5, 0.6) is 0 Å². The van der Waals surface area contributed by atoms with Crippen LogP contribution >= 0.6 is 0 Å². The first kappa shape index (κ1) is 11.9. The summed E-state index contributed by atoms with van der Waals surface area (Å²) in [6, 6.07) is 3.83. The Morgan fingerprint density at radius 3 is 3.00 bits per heavy atom. The van der Waals surface area contributed by atoms with Gasteiger partial charge >= 0.3 is 0 Å². The number of amides is 1. The zero-order valence-corrected chi connectivity index (χ0v) is 9.89. The molecule has 2 rings (SSSR count). The summed E-state index contributed by atoms with van der Waals surface area (Å²) in [4.78, 5) is 18.0. The molecule has 1 aliphatic rings. The van der Waals surface area contributed by atoms with E-state index >= 15 is 0 Å². The number of nitrogens with zero attached hydrogens (tertiary/aromatic N) is 2. The minimum absolute atomic E-state index is 0.00599. The van der Waals surface area contributed by atoms with Gasteiger partial charge in [0, 0.05) is 31.5 Å². The second kappa shape index (κ2) is 5.14. The van der Waals surface area contributed by atoms with Crippen LogP contribution in [0.1, 0.15) is 23.3 Å². The van der Waals surface area contributed by atoms with Gasteiger partial charge in [-0.25, -0.2) is 0 Å². The summed E-state index contributed by atoms with van der Waals surface area (Å²) in [7, 11) is 1.80. The molecule has 1 saturated carbocycles. The molecule has 0 atom stereocenters. The third-order valence-corrected chi connectivity index (χ3v) is 2.86. The van der Waals surface area contributed by atoms with E-state index in [1.165, 1.54) is 0 Å². The number of hydrogen-bond acceptors (Lipinski definition) is 4. The van der Waals surface area contributed by atoms with Gasteiger partial charge in [-0.3, -0.25) is 9.78 Å². The molecule has 0 aromatic carbocycles. The summed E-state index contributed by atoms with van der Waals surface area (Å²) in [5.41, 5.74) is 1.29. The van der Waals surface area contributed by atoms with Crippen LogP contribution in [0.25, 0.3) is 0 Å². The molecular formula is C12H17N3O2. The van der Waals surface area contributed by atoms with Crippen molar-refractivity contribution in [2.24, 2.45) is 0 Å². The van der Waals surface area contributed by atoms with Gasteiger partial charge in [0.1, 0.15) is 5.69 Å². The van der Waals surface area contributed by atoms with Gasteiger partial charge in [-0.2, -0.15) is 0 Å². The number of aliphatic hydroxyl groups is 1. The molecule has 0 spiro atoms. The van der Waals surface area contributed by atoms with E-state index in [1.807, 2.05) is 6.07 Å². The van der Waals surface area contributed by atoms with E-state index in [0.29, 0.717) is 12.2 Å². The second-order valence-electron chi connectivity index (χ2n) is 4.13. The summed E-state index contributed by atoms with van der Waals surface area (Å²) in [5, 5.41) is 12.0. The van der Waals surface area contributed by atoms with Gasteiger partial charge in [-0.05, 0) is 25.0 Å². The maximum atomic E-state index is 12.2. The fourth-order valence-corrected chi connectivity index (χ4v) is 1.79. The summed E-state index contributed by atoms with van der Waals surface area (Å²) < 4.78 is 0. The van der Waals surface area contributed by atoms with Gasteiger partial charge in [0.05, 0.1) is 6.61 Å². The van der Waals surface area contributed by atoms with Crippen LogP contribution in [0.15, 0.2) is 18.3 Å². The van der Waals surface area contributed by atoms with Crippen molar-refractivity contribution in [3.8, 4) is 0 Å². The van der Waals surface area contributed by atoms with Crippen molar-refractivity contribution in [1.29, 1.82) is 0 Å². The molecule has 92 valence electrons. The average Bonchev–Trinajstić information content (AvgIpc) is 3.19. The highest BCUT2D eigenvalue weighted by Gasteiger charge is 2.33. The highest BCUT2D eigenvalue weighted by molar-refractivity contribution is 5.93. The fraction of sp³-hybridized carbons (Fsp3) is 0.500. The largest absolute Gasteiger partial charge is 0.395 e. The standard InChI is InChI=1S/C12H17N3O2/c1-13-9-4-5-14-11(8-9)12(17)15(6-7-16)10-2-3-10/h4-5,8,10,16H,2-3,6-7H2,1H3,(H,13,14). The number of carbonyl (C=O) groups excluding carboxylic acids is 1. The summed E-state index contributed by atoms with van der Waals surface area (Å²) >= 11 is 0. The van der Waals surface area contributed by atoms with Crippen LogP contribution in [-0.4, -0.2) is 47.1 Å². The van der Waals surface area contributed by atoms with Gasteiger partial charge in [0.25, 0.3) is 5.91 Å². The molecule has 1 aromatic heterocycles. The molecule has 1 heterocycles. The van der Waals surface area contributed by atoms with Crippen LogP contribution in [0.2, 0.25) is 0 Å². The molecule has 17 heavy (non-hydrogen) atoms. The summed E-state index contributed by atoms with van der Waals surface area (Å²) in [5.74, 6) is -0.0985. The molecule has 0 unspecified atom stereocenters. The van der Waals surface area contributed by atoms with Crippen molar-refractivity contribution in [3.05, 3.63) is 24.0 Å². The van der Waals surface area contributed by atoms with Crippen LogP contribution in [0.3, 0.4) is 0 Å². The maximum absolute atomic E-state index is 12.2. The third-order valence-electron chi connectivity index (χ3n) is 2.86. The van der Waals surface area contributed by atoms with Crippen LogP contribution in [0, 0.1) is 0 Å². The number of aromatic nitrogens is 1. The Bertz CT molecular complexity index is 404. The molecule has 1 amide bonds. The van der Waals surface area contributed by atoms with E-state index in [2.05, 4.69) is 10.3 Å². The number of anilines is 1. The SMILES string of the molecule is CNc1ccnc(C(=O)N(CCO)C2CC2)c1. The highest BCUT2D eigenvalue weighted by atomic mass is 16.3. The monoisotopic (exact) mass is 235 g/mol. The van der Waals surface area contributed by atoms with Gasteiger partial charge in [-0.15, -0.1) is 0 Å². The minimum Gasteiger partial charge on any atom is -0.395 e. The minimum atomic E-state index is -0.0985. The highest BCUT2D eigenvalue weighted by Crippen LogP contribution is 2.27. The second-order valence-corrected chi connectivity index (χ2v) is 4.13. The Balaban J connectivity index is 2.15. The molecule has 0 aliphatic heterocycles. The van der Waals surface area contributed by atoms with E-state index in [0.717, 1.165) is 18.5 Å². The lowest BCUT2D eigenvalue weighted by Gasteiger charge is -2.20. The Labute approximate surface area is 100 Å².